The van der Waals surface area contributed by atoms with Crippen molar-refractivity contribution in [1.82, 2.24) is 24.5 Å². The summed E-state index contributed by atoms with van der Waals surface area (Å²) in [5, 5.41) is 3.09. The van der Waals surface area contributed by atoms with Crippen LogP contribution in [0.4, 0.5) is 5.82 Å². The summed E-state index contributed by atoms with van der Waals surface area (Å²) in [7, 11) is -3.36. The minimum atomic E-state index is -3.36. The van der Waals surface area contributed by atoms with Gasteiger partial charge in [0.1, 0.15) is 5.52 Å². The molecule has 1 fully saturated rings. The topological polar surface area (TPSA) is 120 Å². The van der Waals surface area contributed by atoms with Gasteiger partial charge in [-0.1, -0.05) is 6.07 Å². The van der Waals surface area contributed by atoms with Gasteiger partial charge < -0.3 is 5.32 Å². The molecule has 0 radical (unpaired) electrons. The highest BCUT2D eigenvalue weighted by Gasteiger charge is 2.31. The highest BCUT2D eigenvalue weighted by molar-refractivity contribution is 7.90. The zero-order valence-corrected chi connectivity index (χ0v) is 17.4. The van der Waals surface area contributed by atoms with Crippen molar-refractivity contribution in [2.45, 2.75) is 37.4 Å². The number of fused-ring (bicyclic) bond motifs is 1. The number of sulfone groups is 1. The van der Waals surface area contributed by atoms with Crippen LogP contribution in [0.25, 0.3) is 11.2 Å². The summed E-state index contributed by atoms with van der Waals surface area (Å²) in [4.78, 5) is 29.6. The monoisotopic (exact) mass is 434 g/mol. The van der Waals surface area contributed by atoms with Crippen molar-refractivity contribution < 1.29 is 8.42 Å². The number of pyridine rings is 1. The predicted molar refractivity (Wildman–Crippen MR) is 109 cm³/mol. The molecule has 0 aliphatic heterocycles. The normalized spacial score (nSPS) is 15.4. The summed E-state index contributed by atoms with van der Waals surface area (Å²) >= 11 is 5.94. The Bertz CT molecular complexity index is 1240. The van der Waals surface area contributed by atoms with Gasteiger partial charge in [0, 0.05) is 25.0 Å². The number of halogens is 1. The largest absolute Gasteiger partial charge is 0.361 e. The van der Waals surface area contributed by atoms with Gasteiger partial charge in [0.05, 0.1) is 6.20 Å². The summed E-state index contributed by atoms with van der Waals surface area (Å²) in [6.07, 6.45) is 6.19. The van der Waals surface area contributed by atoms with Crippen molar-refractivity contribution in [2.75, 3.05) is 11.6 Å². The van der Waals surface area contributed by atoms with E-state index in [2.05, 4.69) is 25.3 Å². The highest BCUT2D eigenvalue weighted by atomic mass is 35.5. The van der Waals surface area contributed by atoms with E-state index in [1.165, 1.54) is 18.5 Å². The predicted octanol–water partition coefficient (Wildman–Crippen LogP) is 2.22. The standard InChI is InChI=1S/C18H19ClN6O3S/c1-10(12-4-5-12)25-16-13(9-22-18(19)24-16)23-15(17(25)26)21-8-11-3-6-14(20-7-11)29(2,27)28/h3,6-7,9-10,12H,4-5,8H2,1-2H3,(H,21,23)/t10-/m0/s1. The number of rotatable bonds is 6. The zero-order chi connectivity index (χ0) is 20.8. The molecule has 0 bridgehead atoms. The molecule has 0 amide bonds. The summed E-state index contributed by atoms with van der Waals surface area (Å²) in [6, 6.07) is 3.05. The fraction of sp³-hybridized carbons (Fsp3) is 0.389. The molecule has 3 heterocycles. The third-order valence-corrected chi connectivity index (χ3v) is 6.13. The van der Waals surface area contributed by atoms with E-state index in [1.54, 1.807) is 10.6 Å². The quantitative estimate of drug-likeness (QED) is 0.586. The molecule has 29 heavy (non-hydrogen) atoms. The molecule has 152 valence electrons. The van der Waals surface area contributed by atoms with E-state index >= 15 is 0 Å². The van der Waals surface area contributed by atoms with Crippen molar-refractivity contribution >= 4 is 38.4 Å². The number of aromatic nitrogens is 5. The van der Waals surface area contributed by atoms with Gasteiger partial charge in [0.25, 0.3) is 5.56 Å². The van der Waals surface area contributed by atoms with Crippen molar-refractivity contribution in [3.63, 3.8) is 0 Å². The maximum Gasteiger partial charge on any atom is 0.295 e. The number of nitrogens with zero attached hydrogens (tertiary/aromatic N) is 5. The second-order valence-electron chi connectivity index (χ2n) is 7.19. The van der Waals surface area contributed by atoms with Gasteiger partial charge in [0.15, 0.2) is 26.3 Å². The van der Waals surface area contributed by atoms with Crippen LogP contribution in [-0.4, -0.2) is 39.2 Å². The van der Waals surface area contributed by atoms with Gasteiger partial charge in [-0.15, -0.1) is 0 Å². The third kappa shape index (κ3) is 4.08. The number of anilines is 1. The van der Waals surface area contributed by atoms with Crippen LogP contribution in [0.1, 0.15) is 31.4 Å². The Balaban J connectivity index is 1.68. The van der Waals surface area contributed by atoms with Crippen LogP contribution in [0.3, 0.4) is 0 Å². The fourth-order valence-corrected chi connectivity index (χ4v) is 3.87. The maximum absolute atomic E-state index is 13.1. The van der Waals surface area contributed by atoms with E-state index in [-0.39, 0.29) is 34.3 Å². The molecule has 4 rings (SSSR count). The molecule has 1 saturated carbocycles. The highest BCUT2D eigenvalue weighted by Crippen LogP contribution is 2.39. The van der Waals surface area contributed by atoms with E-state index in [4.69, 9.17) is 11.6 Å². The molecule has 1 aliphatic rings. The Morgan fingerprint density at radius 2 is 2.00 bits per heavy atom. The van der Waals surface area contributed by atoms with Gasteiger partial charge in [-0.25, -0.2) is 23.4 Å². The minimum Gasteiger partial charge on any atom is -0.361 e. The van der Waals surface area contributed by atoms with Crippen LogP contribution in [0.2, 0.25) is 5.28 Å². The molecule has 11 heteroatoms. The zero-order valence-electron chi connectivity index (χ0n) is 15.8. The summed E-state index contributed by atoms with van der Waals surface area (Å²) in [5.74, 6) is 0.593. The summed E-state index contributed by atoms with van der Waals surface area (Å²) < 4.78 is 24.7. The van der Waals surface area contributed by atoms with Crippen molar-refractivity contribution in [3.8, 4) is 0 Å². The van der Waals surface area contributed by atoms with E-state index in [1.807, 2.05) is 6.92 Å². The van der Waals surface area contributed by atoms with Crippen LogP contribution in [-0.2, 0) is 16.4 Å². The Hall–Kier alpha value is -2.59. The molecule has 0 aromatic carbocycles. The summed E-state index contributed by atoms with van der Waals surface area (Å²) in [5.41, 5.74) is 1.31. The van der Waals surface area contributed by atoms with Crippen molar-refractivity contribution in [1.29, 1.82) is 0 Å². The Labute approximate surface area is 172 Å². The molecule has 1 N–H and O–H groups in total. The van der Waals surface area contributed by atoms with Crippen molar-refractivity contribution in [2.24, 2.45) is 5.92 Å². The van der Waals surface area contributed by atoms with Crippen LogP contribution in [0.5, 0.6) is 0 Å². The molecule has 0 unspecified atom stereocenters. The third-order valence-electron chi connectivity index (χ3n) is 4.95. The number of nitrogens with one attached hydrogen (secondary N) is 1. The van der Waals surface area contributed by atoms with E-state index < -0.39 is 9.84 Å². The lowest BCUT2D eigenvalue weighted by Gasteiger charge is -2.18. The lowest BCUT2D eigenvalue weighted by atomic mass is 10.2. The van der Waals surface area contributed by atoms with Gasteiger partial charge in [-0.3, -0.25) is 9.36 Å². The molecule has 3 aromatic heterocycles. The Morgan fingerprint density at radius 1 is 1.24 bits per heavy atom. The van der Waals surface area contributed by atoms with Crippen LogP contribution in [0, 0.1) is 5.92 Å². The first-order valence-corrected chi connectivity index (χ1v) is 11.3. The average Bonchev–Trinajstić information content (AvgIpc) is 3.51. The van der Waals surface area contributed by atoms with E-state index in [9.17, 15) is 13.2 Å². The molecule has 0 saturated heterocycles. The first-order chi connectivity index (χ1) is 13.7. The number of hydrogen-bond acceptors (Lipinski definition) is 8. The SMILES string of the molecule is C[C@@H](C1CC1)n1c(=O)c(NCc2ccc(S(C)(=O)=O)nc2)nc2cnc(Cl)nc21. The Morgan fingerprint density at radius 3 is 2.62 bits per heavy atom. The van der Waals surface area contributed by atoms with Gasteiger partial charge in [-0.05, 0) is 48.9 Å². The fourth-order valence-electron chi connectivity index (χ4n) is 3.18. The lowest BCUT2D eigenvalue weighted by molar-refractivity contribution is 0.482. The first-order valence-electron chi connectivity index (χ1n) is 9.07. The molecule has 9 nitrogen and oxygen atoms in total. The molecule has 1 atom stereocenters. The van der Waals surface area contributed by atoms with E-state index in [0.717, 1.165) is 19.1 Å². The van der Waals surface area contributed by atoms with Gasteiger partial charge >= 0.3 is 0 Å². The summed E-state index contributed by atoms with van der Waals surface area (Å²) in [6.45, 7) is 2.25. The average molecular weight is 435 g/mol. The molecular weight excluding hydrogens is 416 g/mol. The molecular formula is C18H19ClN6O3S. The van der Waals surface area contributed by atoms with Crippen LogP contribution < -0.4 is 10.9 Å². The molecule has 3 aromatic rings. The minimum absolute atomic E-state index is 0.000258. The number of hydrogen-bond donors (Lipinski definition) is 1. The van der Waals surface area contributed by atoms with Gasteiger partial charge in [0.2, 0.25) is 5.28 Å². The molecule has 0 spiro atoms. The van der Waals surface area contributed by atoms with Crippen LogP contribution >= 0.6 is 11.6 Å². The van der Waals surface area contributed by atoms with E-state index in [0.29, 0.717) is 22.6 Å². The van der Waals surface area contributed by atoms with Gasteiger partial charge in [-0.2, -0.15) is 4.98 Å². The second kappa shape index (κ2) is 7.34. The lowest BCUT2D eigenvalue weighted by Crippen LogP contribution is -2.29. The maximum atomic E-state index is 13.1. The smallest absolute Gasteiger partial charge is 0.295 e. The second-order valence-corrected chi connectivity index (χ2v) is 9.49. The Kier molecular flexibility index (Phi) is 4.99. The van der Waals surface area contributed by atoms with Crippen molar-refractivity contribution in [3.05, 3.63) is 45.7 Å². The van der Waals surface area contributed by atoms with Crippen LogP contribution in [0.15, 0.2) is 34.3 Å². The molecule has 1 aliphatic carbocycles. The first kappa shape index (κ1) is 19.7.